The van der Waals surface area contributed by atoms with Gasteiger partial charge in [0.05, 0.1) is 12.2 Å². The lowest BCUT2D eigenvalue weighted by atomic mass is 10.1. The smallest absolute Gasteiger partial charge is 0.419 e. The van der Waals surface area contributed by atoms with Crippen LogP contribution in [0.4, 0.5) is 13.2 Å². The maximum absolute atomic E-state index is 12.7. The van der Waals surface area contributed by atoms with Gasteiger partial charge in [-0.25, -0.2) is 0 Å². The monoisotopic (exact) mass is 308 g/mol. The van der Waals surface area contributed by atoms with Gasteiger partial charge < -0.3 is 4.74 Å². The summed E-state index contributed by atoms with van der Waals surface area (Å²) in [5.74, 6) is -0.0766. The van der Waals surface area contributed by atoms with Crippen LogP contribution in [-0.2, 0) is 6.18 Å². The summed E-state index contributed by atoms with van der Waals surface area (Å²) in [6.45, 7) is 0.339. The Hall–Kier alpha value is -0.710. The lowest BCUT2D eigenvalue weighted by Gasteiger charge is -2.17. The van der Waals surface area contributed by atoms with Crippen LogP contribution in [-0.4, -0.2) is 11.9 Å². The van der Waals surface area contributed by atoms with Crippen LogP contribution in [0.5, 0.6) is 5.75 Å². The number of halogens is 4. The minimum absolute atomic E-state index is 0.0404. The topological polar surface area (TPSA) is 9.23 Å². The number of hydrogen-bond acceptors (Lipinski definition) is 1. The van der Waals surface area contributed by atoms with Crippen molar-refractivity contribution in [2.75, 3.05) is 11.9 Å². The number of hydrogen-bond donors (Lipinski definition) is 0. The first kappa shape index (κ1) is 12.7. The molecule has 1 aliphatic carbocycles. The summed E-state index contributed by atoms with van der Waals surface area (Å²) in [4.78, 5) is 0. The van der Waals surface area contributed by atoms with Crippen LogP contribution in [0.15, 0.2) is 24.3 Å². The zero-order valence-electron chi connectivity index (χ0n) is 9.06. The first-order chi connectivity index (χ1) is 7.97. The molecule has 1 saturated carbocycles. The van der Waals surface area contributed by atoms with Gasteiger partial charge in [-0.15, -0.1) is 0 Å². The minimum atomic E-state index is -4.36. The largest absolute Gasteiger partial charge is 0.492 e. The third-order valence-corrected chi connectivity index (χ3v) is 4.16. The Bertz CT molecular complexity index is 399. The van der Waals surface area contributed by atoms with E-state index in [9.17, 15) is 13.2 Å². The summed E-state index contributed by atoms with van der Waals surface area (Å²) in [5.41, 5.74) is -0.663. The van der Waals surface area contributed by atoms with Crippen molar-refractivity contribution in [3.8, 4) is 5.75 Å². The van der Waals surface area contributed by atoms with E-state index in [1.54, 1.807) is 6.07 Å². The molecule has 2 rings (SSSR count). The van der Waals surface area contributed by atoms with Gasteiger partial charge in [0.2, 0.25) is 0 Å². The van der Waals surface area contributed by atoms with Gasteiger partial charge in [0, 0.05) is 10.7 Å². The summed E-state index contributed by atoms with van der Waals surface area (Å²) < 4.78 is 43.4. The number of benzene rings is 1. The number of rotatable bonds is 4. The van der Waals surface area contributed by atoms with Crippen molar-refractivity contribution >= 4 is 15.9 Å². The van der Waals surface area contributed by atoms with Crippen molar-refractivity contribution in [1.29, 1.82) is 0 Å². The highest BCUT2D eigenvalue weighted by molar-refractivity contribution is 9.09. The van der Waals surface area contributed by atoms with Crippen LogP contribution in [0.1, 0.15) is 18.4 Å². The second kappa shape index (κ2) is 4.52. The Morgan fingerprint density at radius 1 is 1.24 bits per heavy atom. The van der Waals surface area contributed by atoms with E-state index < -0.39 is 11.7 Å². The van der Waals surface area contributed by atoms with Crippen LogP contribution in [0.3, 0.4) is 0 Å². The SMILES string of the molecule is FC(F)(F)c1ccccc1OCC1(CBr)CC1. The highest BCUT2D eigenvalue weighted by atomic mass is 79.9. The molecule has 0 aliphatic heterocycles. The summed E-state index contributed by atoms with van der Waals surface area (Å²) in [6, 6.07) is 5.33. The molecule has 0 aromatic heterocycles. The molecule has 0 heterocycles. The average molecular weight is 309 g/mol. The van der Waals surface area contributed by atoms with E-state index in [0.717, 1.165) is 24.2 Å². The molecule has 0 amide bonds. The van der Waals surface area contributed by atoms with Crippen molar-refractivity contribution in [3.05, 3.63) is 29.8 Å². The predicted molar refractivity (Wildman–Crippen MR) is 62.4 cm³/mol. The van der Waals surface area contributed by atoms with Gasteiger partial charge in [-0.1, -0.05) is 28.1 Å². The van der Waals surface area contributed by atoms with Gasteiger partial charge in [0.1, 0.15) is 5.75 Å². The van der Waals surface area contributed by atoms with Gasteiger partial charge in [-0.2, -0.15) is 13.2 Å². The third kappa shape index (κ3) is 2.94. The molecule has 0 atom stereocenters. The zero-order chi connectivity index (χ0) is 12.5. The quantitative estimate of drug-likeness (QED) is 0.755. The standard InChI is InChI=1S/C12H12BrF3O/c13-7-11(5-6-11)8-17-10-4-2-1-3-9(10)12(14,15)16/h1-4H,5-8H2. The lowest BCUT2D eigenvalue weighted by Crippen LogP contribution is -2.16. The van der Waals surface area contributed by atoms with E-state index in [2.05, 4.69) is 15.9 Å². The molecule has 1 aliphatic rings. The molecular weight excluding hydrogens is 297 g/mol. The molecule has 0 unspecified atom stereocenters. The van der Waals surface area contributed by atoms with Gasteiger partial charge in [-0.05, 0) is 25.0 Å². The number of alkyl halides is 4. The van der Waals surface area contributed by atoms with Crippen LogP contribution >= 0.6 is 15.9 Å². The molecule has 1 nitrogen and oxygen atoms in total. The second-order valence-electron chi connectivity index (χ2n) is 4.42. The molecule has 0 N–H and O–H groups in total. The maximum atomic E-state index is 12.7. The number of ether oxygens (including phenoxy) is 1. The Labute approximate surface area is 106 Å². The first-order valence-corrected chi connectivity index (χ1v) is 6.44. The molecule has 0 saturated heterocycles. The second-order valence-corrected chi connectivity index (χ2v) is 4.98. The molecule has 1 aromatic carbocycles. The average Bonchev–Trinajstić information content (AvgIpc) is 3.06. The molecular formula is C12H12BrF3O. The predicted octanol–water partition coefficient (Wildman–Crippen LogP) is 4.26. The van der Waals surface area contributed by atoms with Crippen molar-refractivity contribution in [2.45, 2.75) is 19.0 Å². The van der Waals surface area contributed by atoms with Crippen LogP contribution in [0.25, 0.3) is 0 Å². The molecule has 1 aromatic rings. The first-order valence-electron chi connectivity index (χ1n) is 5.32. The summed E-state index contributed by atoms with van der Waals surface area (Å²) in [6.07, 6.45) is -2.35. The Balaban J connectivity index is 2.10. The summed E-state index contributed by atoms with van der Waals surface area (Å²) >= 11 is 3.36. The van der Waals surface area contributed by atoms with Gasteiger partial charge in [-0.3, -0.25) is 0 Å². The zero-order valence-corrected chi connectivity index (χ0v) is 10.6. The lowest BCUT2D eigenvalue weighted by molar-refractivity contribution is -0.139. The van der Waals surface area contributed by atoms with Crippen molar-refractivity contribution < 1.29 is 17.9 Å². The molecule has 0 spiro atoms. The summed E-state index contributed by atoms with van der Waals surface area (Å²) in [7, 11) is 0. The van der Waals surface area contributed by atoms with Gasteiger partial charge in [0.25, 0.3) is 0 Å². The maximum Gasteiger partial charge on any atom is 0.419 e. The molecule has 5 heteroatoms. The highest BCUT2D eigenvalue weighted by Gasteiger charge is 2.43. The molecule has 0 radical (unpaired) electrons. The molecule has 17 heavy (non-hydrogen) atoms. The molecule has 0 bridgehead atoms. The van der Waals surface area contributed by atoms with E-state index in [0.29, 0.717) is 6.61 Å². The molecule has 94 valence electrons. The fraction of sp³-hybridized carbons (Fsp3) is 0.500. The van der Waals surface area contributed by atoms with Crippen LogP contribution < -0.4 is 4.74 Å². The fourth-order valence-corrected chi connectivity index (χ4v) is 2.27. The van der Waals surface area contributed by atoms with E-state index in [4.69, 9.17) is 4.74 Å². The van der Waals surface area contributed by atoms with E-state index >= 15 is 0 Å². The minimum Gasteiger partial charge on any atom is -0.492 e. The van der Waals surface area contributed by atoms with E-state index in [-0.39, 0.29) is 11.2 Å². The number of para-hydroxylation sites is 1. The summed E-state index contributed by atoms with van der Waals surface area (Å²) in [5, 5.41) is 0.772. The Morgan fingerprint density at radius 2 is 1.88 bits per heavy atom. The van der Waals surface area contributed by atoms with E-state index in [1.165, 1.54) is 12.1 Å². The highest BCUT2D eigenvalue weighted by Crippen LogP contribution is 2.47. The van der Waals surface area contributed by atoms with Crippen molar-refractivity contribution in [2.24, 2.45) is 5.41 Å². The fourth-order valence-electron chi connectivity index (χ4n) is 1.55. The van der Waals surface area contributed by atoms with Crippen molar-refractivity contribution in [3.63, 3.8) is 0 Å². The molecule has 1 fully saturated rings. The van der Waals surface area contributed by atoms with Crippen LogP contribution in [0.2, 0.25) is 0 Å². The van der Waals surface area contributed by atoms with Gasteiger partial charge >= 0.3 is 6.18 Å². The Kier molecular flexibility index (Phi) is 3.39. The van der Waals surface area contributed by atoms with Crippen LogP contribution in [0, 0.1) is 5.41 Å². The Morgan fingerprint density at radius 3 is 2.41 bits per heavy atom. The van der Waals surface area contributed by atoms with Crippen molar-refractivity contribution in [1.82, 2.24) is 0 Å². The normalized spacial score (nSPS) is 17.9. The van der Waals surface area contributed by atoms with E-state index in [1.807, 2.05) is 0 Å². The third-order valence-electron chi connectivity index (χ3n) is 2.97. The van der Waals surface area contributed by atoms with Gasteiger partial charge in [0.15, 0.2) is 0 Å².